The van der Waals surface area contributed by atoms with Crippen molar-refractivity contribution in [2.45, 2.75) is 31.4 Å². The number of para-hydroxylation sites is 1. The Balaban J connectivity index is 1.55. The number of benzene rings is 2. The number of sulfone groups is 1. The van der Waals surface area contributed by atoms with E-state index in [1.165, 1.54) is 0 Å². The fraction of sp³-hybridized carbons (Fsp3) is 0.360. The molecule has 0 saturated carbocycles. The molecule has 2 aromatic carbocycles. The van der Waals surface area contributed by atoms with Crippen LogP contribution in [0.5, 0.6) is 0 Å². The SMILES string of the molecule is O=C(c1cc(-c2ccccc2)nn1-c1ccccc1)N(C[C@H]1CCCO1)[C@@H]1CCS(=O)(=O)C1. The lowest BCUT2D eigenvalue weighted by molar-refractivity contribution is 0.0434. The van der Waals surface area contributed by atoms with E-state index in [1.54, 1.807) is 15.6 Å². The van der Waals surface area contributed by atoms with Gasteiger partial charge in [0.1, 0.15) is 5.69 Å². The molecule has 2 atom stereocenters. The molecule has 0 unspecified atom stereocenters. The summed E-state index contributed by atoms with van der Waals surface area (Å²) in [5.74, 6) is -0.109. The highest BCUT2D eigenvalue weighted by Gasteiger charge is 2.38. The molecule has 3 heterocycles. The van der Waals surface area contributed by atoms with Crippen LogP contribution in [0, 0.1) is 0 Å². The molecule has 0 N–H and O–H groups in total. The first-order valence-corrected chi connectivity index (χ1v) is 13.2. The molecule has 0 bridgehead atoms. The molecule has 1 aromatic heterocycles. The summed E-state index contributed by atoms with van der Waals surface area (Å²) in [6, 6.07) is 20.7. The molecule has 8 heteroatoms. The third kappa shape index (κ3) is 4.72. The van der Waals surface area contributed by atoms with Crippen molar-refractivity contribution in [2.24, 2.45) is 0 Å². The first kappa shape index (κ1) is 21.9. The molecule has 0 radical (unpaired) electrons. The standard InChI is InChI=1S/C25H27N3O4S/c29-25(27(17-22-12-7-14-32-22)21-13-15-33(30,31)18-21)24-16-23(19-8-3-1-4-9-19)26-28(24)20-10-5-2-6-11-20/h1-6,8-11,16,21-22H,7,12-15,17-18H2/t21-,22-/m1/s1. The second-order valence-corrected chi connectivity index (χ2v) is 10.9. The molecule has 172 valence electrons. The predicted octanol–water partition coefficient (Wildman–Crippen LogP) is 3.35. The maximum absolute atomic E-state index is 14.0. The Bertz CT molecular complexity index is 1220. The first-order chi connectivity index (χ1) is 16.0. The number of carbonyl (C=O) groups excluding carboxylic acids is 1. The molecular weight excluding hydrogens is 438 g/mol. The summed E-state index contributed by atoms with van der Waals surface area (Å²) in [6.45, 7) is 1.06. The van der Waals surface area contributed by atoms with E-state index in [1.807, 2.05) is 60.7 Å². The number of amides is 1. The smallest absolute Gasteiger partial charge is 0.272 e. The van der Waals surface area contributed by atoms with Gasteiger partial charge in [-0.25, -0.2) is 13.1 Å². The van der Waals surface area contributed by atoms with E-state index < -0.39 is 9.84 Å². The largest absolute Gasteiger partial charge is 0.376 e. The van der Waals surface area contributed by atoms with Crippen molar-refractivity contribution in [3.8, 4) is 16.9 Å². The summed E-state index contributed by atoms with van der Waals surface area (Å²) < 4.78 is 31.9. The molecule has 7 nitrogen and oxygen atoms in total. The van der Waals surface area contributed by atoms with Crippen molar-refractivity contribution in [3.63, 3.8) is 0 Å². The van der Waals surface area contributed by atoms with Gasteiger partial charge in [-0.1, -0.05) is 48.5 Å². The zero-order valence-corrected chi connectivity index (χ0v) is 19.2. The minimum Gasteiger partial charge on any atom is -0.376 e. The monoisotopic (exact) mass is 465 g/mol. The van der Waals surface area contributed by atoms with E-state index in [9.17, 15) is 13.2 Å². The van der Waals surface area contributed by atoms with Crippen molar-refractivity contribution >= 4 is 15.7 Å². The van der Waals surface area contributed by atoms with Gasteiger partial charge in [-0.05, 0) is 37.5 Å². The van der Waals surface area contributed by atoms with Gasteiger partial charge in [0.15, 0.2) is 9.84 Å². The molecule has 33 heavy (non-hydrogen) atoms. The Morgan fingerprint density at radius 2 is 1.79 bits per heavy atom. The number of rotatable bonds is 6. The van der Waals surface area contributed by atoms with E-state index in [0.717, 1.165) is 24.1 Å². The third-order valence-electron chi connectivity index (χ3n) is 6.33. The molecule has 2 saturated heterocycles. The van der Waals surface area contributed by atoms with Crippen LogP contribution in [0.15, 0.2) is 66.7 Å². The first-order valence-electron chi connectivity index (χ1n) is 11.3. The number of hydrogen-bond acceptors (Lipinski definition) is 5. The van der Waals surface area contributed by atoms with E-state index in [2.05, 4.69) is 0 Å². The molecule has 0 spiro atoms. The summed E-state index contributed by atoms with van der Waals surface area (Å²) in [5, 5.41) is 4.76. The maximum Gasteiger partial charge on any atom is 0.272 e. The summed E-state index contributed by atoms with van der Waals surface area (Å²) in [6.07, 6.45) is 2.21. The average Bonchev–Trinajstić information content (AvgIpc) is 3.58. The van der Waals surface area contributed by atoms with E-state index in [4.69, 9.17) is 9.84 Å². The molecule has 1 amide bonds. The van der Waals surface area contributed by atoms with E-state index in [0.29, 0.717) is 31.0 Å². The van der Waals surface area contributed by atoms with Gasteiger partial charge >= 0.3 is 0 Å². The minimum absolute atomic E-state index is 0.00350. The molecule has 3 aromatic rings. The third-order valence-corrected chi connectivity index (χ3v) is 8.08. The zero-order valence-electron chi connectivity index (χ0n) is 18.3. The predicted molar refractivity (Wildman–Crippen MR) is 126 cm³/mol. The van der Waals surface area contributed by atoms with Crippen LogP contribution < -0.4 is 0 Å². The normalized spacial score (nSPS) is 21.8. The molecule has 5 rings (SSSR count). The van der Waals surface area contributed by atoms with Crippen LogP contribution in [0.2, 0.25) is 0 Å². The van der Waals surface area contributed by atoms with E-state index >= 15 is 0 Å². The van der Waals surface area contributed by atoms with Gasteiger partial charge in [0, 0.05) is 24.8 Å². The number of carbonyl (C=O) groups is 1. The van der Waals surface area contributed by atoms with Gasteiger partial charge in [-0.2, -0.15) is 5.10 Å². The lowest BCUT2D eigenvalue weighted by atomic mass is 10.1. The quantitative estimate of drug-likeness (QED) is 0.558. The van der Waals surface area contributed by atoms with Crippen LogP contribution >= 0.6 is 0 Å². The Morgan fingerprint density at radius 1 is 1.06 bits per heavy atom. The van der Waals surface area contributed by atoms with Crippen molar-refractivity contribution in [1.29, 1.82) is 0 Å². The van der Waals surface area contributed by atoms with Gasteiger partial charge in [0.05, 0.1) is 29.0 Å². The van der Waals surface area contributed by atoms with Crippen LogP contribution in [0.25, 0.3) is 16.9 Å². The van der Waals surface area contributed by atoms with Gasteiger partial charge in [0.2, 0.25) is 0 Å². The second kappa shape index (κ2) is 9.11. The second-order valence-electron chi connectivity index (χ2n) is 8.68. The van der Waals surface area contributed by atoms with Gasteiger partial charge in [0.25, 0.3) is 5.91 Å². The molecular formula is C25H27N3O4S. The zero-order chi connectivity index (χ0) is 22.8. The number of aromatic nitrogens is 2. The van der Waals surface area contributed by atoms with Gasteiger partial charge in [-0.3, -0.25) is 4.79 Å². The fourth-order valence-corrected chi connectivity index (χ4v) is 6.35. The highest BCUT2D eigenvalue weighted by Crippen LogP contribution is 2.27. The summed E-state index contributed by atoms with van der Waals surface area (Å²) in [4.78, 5) is 15.7. The van der Waals surface area contributed by atoms with Crippen LogP contribution in [0.4, 0.5) is 0 Å². The Labute approximate surface area is 193 Å². The van der Waals surface area contributed by atoms with E-state index in [-0.39, 0.29) is 29.6 Å². The highest BCUT2D eigenvalue weighted by atomic mass is 32.2. The number of nitrogens with zero attached hydrogens (tertiary/aromatic N) is 3. The summed E-state index contributed by atoms with van der Waals surface area (Å²) >= 11 is 0. The Kier molecular flexibility index (Phi) is 6.03. The van der Waals surface area contributed by atoms with Gasteiger partial charge < -0.3 is 9.64 Å². The summed E-state index contributed by atoms with van der Waals surface area (Å²) in [5.41, 5.74) is 2.80. The summed E-state index contributed by atoms with van der Waals surface area (Å²) in [7, 11) is -3.15. The van der Waals surface area contributed by atoms with Crippen LogP contribution in [0.1, 0.15) is 29.8 Å². The Morgan fingerprint density at radius 3 is 2.42 bits per heavy atom. The average molecular weight is 466 g/mol. The van der Waals surface area contributed by atoms with Crippen molar-refractivity contribution < 1.29 is 17.9 Å². The van der Waals surface area contributed by atoms with Crippen molar-refractivity contribution in [2.75, 3.05) is 24.7 Å². The van der Waals surface area contributed by atoms with Crippen molar-refractivity contribution in [3.05, 3.63) is 72.4 Å². The van der Waals surface area contributed by atoms with Crippen LogP contribution in [-0.4, -0.2) is 65.8 Å². The Hall–Kier alpha value is -2.97. The topological polar surface area (TPSA) is 81.5 Å². The van der Waals surface area contributed by atoms with Crippen LogP contribution in [0.3, 0.4) is 0 Å². The fourth-order valence-electron chi connectivity index (χ4n) is 4.62. The number of ether oxygens (including phenoxy) is 1. The lowest BCUT2D eigenvalue weighted by Gasteiger charge is -2.30. The molecule has 2 fully saturated rings. The highest BCUT2D eigenvalue weighted by molar-refractivity contribution is 7.91. The van der Waals surface area contributed by atoms with Crippen LogP contribution in [-0.2, 0) is 14.6 Å². The lowest BCUT2D eigenvalue weighted by Crippen LogP contribution is -2.45. The van der Waals surface area contributed by atoms with Crippen molar-refractivity contribution in [1.82, 2.24) is 14.7 Å². The minimum atomic E-state index is -3.15. The molecule has 2 aliphatic heterocycles. The number of hydrogen-bond donors (Lipinski definition) is 0. The maximum atomic E-state index is 14.0. The van der Waals surface area contributed by atoms with Gasteiger partial charge in [-0.15, -0.1) is 0 Å². The molecule has 0 aliphatic carbocycles. The molecule has 2 aliphatic rings.